The van der Waals surface area contributed by atoms with Crippen LogP contribution in [0.25, 0.3) is 66.6 Å². The molecule has 334 valence electrons. The van der Waals surface area contributed by atoms with Gasteiger partial charge in [-0.1, -0.05) is 121 Å². The van der Waals surface area contributed by atoms with Crippen LogP contribution in [0.5, 0.6) is 0 Å². The summed E-state index contributed by atoms with van der Waals surface area (Å²) in [7, 11) is 0. The lowest BCUT2D eigenvalue weighted by atomic mass is 9.67. The molecule has 71 heavy (non-hydrogen) atoms. The molecule has 2 unspecified atom stereocenters. The van der Waals surface area contributed by atoms with Gasteiger partial charge in [-0.3, -0.25) is 15.1 Å². The summed E-state index contributed by atoms with van der Waals surface area (Å²) in [6, 6.07) is 57.9. The van der Waals surface area contributed by atoms with Crippen LogP contribution in [0.3, 0.4) is 0 Å². The van der Waals surface area contributed by atoms with Crippen molar-refractivity contribution < 1.29 is 4.92 Å². The minimum Gasteiger partial charge on any atom is -0.354 e. The summed E-state index contributed by atoms with van der Waals surface area (Å²) in [6.07, 6.45) is 0. The number of aromatic amines is 2. The number of hydrogen-bond donors (Lipinski definition) is 2. The van der Waals surface area contributed by atoms with Crippen LogP contribution >= 0.6 is 0 Å². The number of aromatic nitrogens is 4. The number of fused-ring (bicyclic) bond motifs is 8. The maximum atomic E-state index is 14.5. The monoisotopic (exact) mass is 919 g/mol. The molecule has 2 N–H and O–H groups in total. The van der Waals surface area contributed by atoms with Crippen LogP contribution in [0.2, 0.25) is 0 Å². The zero-order chi connectivity index (χ0) is 49.8. The molecule has 0 saturated carbocycles. The molecule has 2 aliphatic heterocycles. The van der Waals surface area contributed by atoms with Gasteiger partial charge in [-0.25, -0.2) is 4.98 Å². The molecule has 0 radical (unpaired) electrons. The van der Waals surface area contributed by atoms with E-state index in [0.29, 0.717) is 44.4 Å². The smallest absolute Gasteiger partial charge is 0.303 e. The quantitative estimate of drug-likeness (QED) is 0.101. The van der Waals surface area contributed by atoms with E-state index >= 15 is 0 Å². The molecule has 8 bridgehead atoms. The van der Waals surface area contributed by atoms with Gasteiger partial charge in [0.15, 0.2) is 0 Å². The predicted molar refractivity (Wildman–Crippen MR) is 259 cm³/mol. The minimum absolute atomic E-state index is 0.0634. The van der Waals surface area contributed by atoms with Crippen LogP contribution in [-0.2, 0) is 5.54 Å². The normalized spacial score (nSPS) is 16.9. The van der Waals surface area contributed by atoms with Crippen LogP contribution in [0.15, 0.2) is 146 Å². The van der Waals surface area contributed by atoms with E-state index in [9.17, 15) is 52.2 Å². The highest BCUT2D eigenvalue weighted by Crippen LogP contribution is 2.57. The third-order valence-corrected chi connectivity index (χ3v) is 13.2. The molecule has 15 heteroatoms. The molecule has 3 aromatic heterocycles. The molecule has 2 aliphatic rings. The van der Waals surface area contributed by atoms with Crippen molar-refractivity contribution in [2.75, 3.05) is 0 Å². The highest BCUT2D eigenvalue weighted by Gasteiger charge is 2.68. The molecule has 0 saturated heterocycles. The Morgan fingerprint density at radius 2 is 0.761 bits per heavy atom. The van der Waals surface area contributed by atoms with Crippen LogP contribution in [0.4, 0.5) is 0 Å². The summed E-state index contributed by atoms with van der Waals surface area (Å²) >= 11 is 0. The number of hydrogen-bond acceptors (Lipinski definition) is 12. The van der Waals surface area contributed by atoms with E-state index < -0.39 is 51.9 Å². The Balaban J connectivity index is 1.67. The summed E-state index contributed by atoms with van der Waals surface area (Å²) < 4.78 is 0. The second kappa shape index (κ2) is 18.9. The van der Waals surface area contributed by atoms with E-state index in [0.717, 1.165) is 0 Å². The van der Waals surface area contributed by atoms with E-state index in [1.807, 2.05) is 24.3 Å². The predicted octanol–water partition coefficient (Wildman–Crippen LogP) is 10.8. The number of nitrogens with zero attached hydrogens (tertiary/aromatic N) is 11. The van der Waals surface area contributed by atoms with Crippen LogP contribution < -0.4 is 0 Å². The SMILES string of the molecule is N#CC(C#N)C1c2nc(c(-c3ccccc3)c3ccc([nH]3)c(-c3ccccc3)c3nc(c(-c4ccccc4)c4ccc([nH]4)c2-c2ccccc2)[C@H](C(C#N)C#N)[C@H]3C(C#N)C#N)C1(C(C#N)C#N)[N+](=O)[O-]. The molecule has 0 fully saturated rings. The van der Waals surface area contributed by atoms with E-state index in [4.69, 9.17) is 9.97 Å². The van der Waals surface area contributed by atoms with Gasteiger partial charge < -0.3 is 9.97 Å². The van der Waals surface area contributed by atoms with Gasteiger partial charge in [-0.05, 0) is 46.5 Å². The highest BCUT2D eigenvalue weighted by atomic mass is 16.6. The van der Waals surface area contributed by atoms with E-state index in [1.54, 1.807) is 146 Å². The number of rotatable bonds is 9. The van der Waals surface area contributed by atoms with Crippen LogP contribution in [0, 0.1) is 124 Å². The average molecular weight is 920 g/mol. The Bertz CT molecular complexity index is 3740. The molecule has 0 amide bonds. The molecule has 7 aromatic rings. The van der Waals surface area contributed by atoms with Crippen molar-refractivity contribution in [3.63, 3.8) is 0 Å². The summed E-state index contributed by atoms with van der Waals surface area (Å²) in [6.45, 7) is 0. The van der Waals surface area contributed by atoms with Crippen molar-refractivity contribution in [1.82, 2.24) is 19.9 Å². The molecule has 0 spiro atoms. The Kier molecular flexibility index (Phi) is 12.1. The van der Waals surface area contributed by atoms with Gasteiger partial charge in [-0.2, -0.15) is 42.1 Å². The number of benzene rings is 4. The van der Waals surface area contributed by atoms with Gasteiger partial charge in [0.05, 0.1) is 65.6 Å². The lowest BCUT2D eigenvalue weighted by molar-refractivity contribution is -0.590. The number of nitrogens with one attached hydrogen (secondary N) is 2. The van der Waals surface area contributed by atoms with Crippen LogP contribution in [-0.4, -0.2) is 24.9 Å². The molecule has 9 rings (SSSR count). The van der Waals surface area contributed by atoms with E-state index in [1.165, 1.54) is 0 Å². The first kappa shape index (κ1) is 45.5. The minimum atomic E-state index is -2.87. The van der Waals surface area contributed by atoms with Gasteiger partial charge >= 0.3 is 5.54 Å². The maximum Gasteiger partial charge on any atom is 0.303 e. The Labute approximate surface area is 406 Å². The molecule has 4 aromatic carbocycles. The first-order chi connectivity index (χ1) is 34.7. The first-order valence-corrected chi connectivity index (χ1v) is 22.1. The largest absolute Gasteiger partial charge is 0.354 e. The third-order valence-electron chi connectivity index (χ3n) is 13.2. The fourth-order valence-corrected chi connectivity index (χ4v) is 10.3. The first-order valence-electron chi connectivity index (χ1n) is 22.1. The molecule has 15 nitrogen and oxygen atoms in total. The van der Waals surface area contributed by atoms with Gasteiger partial charge in [0.25, 0.3) is 0 Å². The van der Waals surface area contributed by atoms with Crippen LogP contribution in [0.1, 0.15) is 40.5 Å². The molecular formula is C56H33N13O2. The Morgan fingerprint density at radius 1 is 0.437 bits per heavy atom. The van der Waals surface area contributed by atoms with Crippen molar-refractivity contribution >= 4 is 22.1 Å². The summed E-state index contributed by atoms with van der Waals surface area (Å²) in [5, 5.41) is 101. The Hall–Kier alpha value is -10.7. The van der Waals surface area contributed by atoms with Crippen molar-refractivity contribution in [3.05, 3.63) is 178 Å². The highest BCUT2D eigenvalue weighted by molar-refractivity contribution is 5.93. The van der Waals surface area contributed by atoms with E-state index in [-0.39, 0.29) is 44.9 Å². The Morgan fingerprint density at radius 3 is 1.08 bits per heavy atom. The zero-order valence-electron chi connectivity index (χ0n) is 37.1. The van der Waals surface area contributed by atoms with Gasteiger partial charge in [0.1, 0.15) is 29.4 Å². The second-order valence-electron chi connectivity index (χ2n) is 16.8. The summed E-state index contributed by atoms with van der Waals surface area (Å²) in [5.74, 6) is -11.0. The van der Waals surface area contributed by atoms with Gasteiger partial charge in [-0.15, -0.1) is 0 Å². The maximum absolute atomic E-state index is 14.5. The fraction of sp³-hybridized carbons (Fsp3) is 0.143. The molecule has 0 aliphatic carbocycles. The number of nitriles is 8. The lowest BCUT2D eigenvalue weighted by Crippen LogP contribution is -2.47. The number of H-pyrrole nitrogens is 2. The van der Waals surface area contributed by atoms with Gasteiger partial charge in [0.2, 0.25) is 5.92 Å². The van der Waals surface area contributed by atoms with Crippen molar-refractivity contribution in [3.8, 4) is 93.1 Å². The molecule has 4 atom stereocenters. The fourth-order valence-electron chi connectivity index (χ4n) is 10.3. The molecule has 5 heterocycles. The average Bonchev–Trinajstić information content (AvgIpc) is 4.23. The van der Waals surface area contributed by atoms with Crippen molar-refractivity contribution in [1.29, 1.82) is 42.1 Å². The van der Waals surface area contributed by atoms with E-state index in [2.05, 4.69) is 34.2 Å². The number of nitro groups is 1. The zero-order valence-corrected chi connectivity index (χ0v) is 37.1. The van der Waals surface area contributed by atoms with Crippen molar-refractivity contribution in [2.24, 2.45) is 23.7 Å². The molecular weight excluding hydrogens is 887 g/mol. The summed E-state index contributed by atoms with van der Waals surface area (Å²) in [4.78, 5) is 31.2. The lowest BCUT2D eigenvalue weighted by Gasteiger charge is -2.30. The second-order valence-corrected chi connectivity index (χ2v) is 16.8. The standard InChI is InChI=1S/C56H33N13O2/c57-25-37(26-58)49-50(38(27-59)28-60)53-46(34-15-7-2-8-16-34)42-23-24-44(66-42)48(36-19-11-4-12-20-36)55-56(69(70)71,40(31-63)32-64)51(39(29-61)30-62)54(68-55)47(35-17-9-3-10-18-35)43-22-21-41(65-43)45(52(49)67-53)33-13-5-1-6-14-33/h1-24,37-40,49-51,65-66H/t49-,50-,51?,56?/m1/s1. The van der Waals surface area contributed by atoms with Gasteiger partial charge in [0, 0.05) is 61.1 Å². The third kappa shape index (κ3) is 7.31. The van der Waals surface area contributed by atoms with Crippen molar-refractivity contribution in [2.45, 2.75) is 23.3 Å². The topological polar surface area (TPSA) is 291 Å². The summed E-state index contributed by atoms with van der Waals surface area (Å²) in [5.41, 5.74) is 1.12.